The van der Waals surface area contributed by atoms with Crippen molar-refractivity contribution in [1.29, 1.82) is 0 Å². The van der Waals surface area contributed by atoms with E-state index in [4.69, 9.17) is 34.8 Å². The van der Waals surface area contributed by atoms with E-state index in [1.165, 1.54) is 0 Å². The van der Waals surface area contributed by atoms with Crippen molar-refractivity contribution < 1.29 is 0 Å². The number of rotatable bonds is 5. The Morgan fingerprint density at radius 2 is 1.55 bits per heavy atom. The molecule has 4 heteroatoms. The van der Waals surface area contributed by atoms with Crippen molar-refractivity contribution in [3.8, 4) is 11.1 Å². The lowest BCUT2D eigenvalue weighted by molar-refractivity contribution is 0.676. The lowest BCUT2D eigenvalue weighted by Gasteiger charge is -2.13. The molecule has 0 radical (unpaired) electrons. The van der Waals surface area contributed by atoms with Gasteiger partial charge in [-0.1, -0.05) is 47.8 Å². The average Bonchev–Trinajstić information content (AvgIpc) is 2.43. The van der Waals surface area contributed by atoms with Gasteiger partial charge in [0.1, 0.15) is 0 Å². The zero-order valence-electron chi connectivity index (χ0n) is 11.2. The molecule has 2 aromatic rings. The van der Waals surface area contributed by atoms with Crippen molar-refractivity contribution in [3.05, 3.63) is 57.0 Å². The Morgan fingerprint density at radius 1 is 0.900 bits per heavy atom. The first kappa shape index (κ1) is 15.7. The van der Waals surface area contributed by atoms with E-state index in [0.717, 1.165) is 36.2 Å². The summed E-state index contributed by atoms with van der Waals surface area (Å²) in [6.45, 7) is 3.90. The maximum atomic E-state index is 6.29. The third-order valence-corrected chi connectivity index (χ3v) is 3.83. The molecule has 1 nitrogen and oxygen atoms in total. The van der Waals surface area contributed by atoms with Crippen LogP contribution in [0.25, 0.3) is 11.1 Å². The normalized spacial score (nSPS) is 10.8. The molecule has 0 bridgehead atoms. The summed E-state index contributed by atoms with van der Waals surface area (Å²) in [6.07, 6.45) is 1.10. The summed E-state index contributed by atoms with van der Waals surface area (Å²) in [5.41, 5.74) is 3.09. The lowest BCUT2D eigenvalue weighted by atomic mass is 9.99. The van der Waals surface area contributed by atoms with Crippen LogP contribution in [0.1, 0.15) is 18.9 Å². The van der Waals surface area contributed by atoms with Crippen LogP contribution in [-0.4, -0.2) is 6.54 Å². The molecule has 0 amide bonds. The fourth-order valence-corrected chi connectivity index (χ4v) is 2.62. The molecule has 0 aromatic heterocycles. The highest BCUT2D eigenvalue weighted by Gasteiger charge is 2.10. The van der Waals surface area contributed by atoms with Gasteiger partial charge in [-0.25, -0.2) is 0 Å². The number of hydrogen-bond donors (Lipinski definition) is 1. The molecule has 0 atom stereocenters. The number of benzene rings is 2. The van der Waals surface area contributed by atoms with Gasteiger partial charge in [-0.3, -0.25) is 0 Å². The summed E-state index contributed by atoms with van der Waals surface area (Å²) in [5, 5.41) is 5.42. The second kappa shape index (κ2) is 7.33. The van der Waals surface area contributed by atoms with E-state index in [0.29, 0.717) is 15.1 Å². The van der Waals surface area contributed by atoms with Gasteiger partial charge in [0.2, 0.25) is 0 Å². The Morgan fingerprint density at radius 3 is 2.25 bits per heavy atom. The van der Waals surface area contributed by atoms with Crippen molar-refractivity contribution >= 4 is 34.8 Å². The Balaban J connectivity index is 2.42. The summed E-state index contributed by atoms with van der Waals surface area (Å²) in [7, 11) is 0. The minimum absolute atomic E-state index is 0.664. The zero-order chi connectivity index (χ0) is 14.5. The van der Waals surface area contributed by atoms with Gasteiger partial charge in [-0.05, 0) is 54.4 Å². The summed E-state index contributed by atoms with van der Waals surface area (Å²) < 4.78 is 0. The summed E-state index contributed by atoms with van der Waals surface area (Å²) in [6, 6.07) is 11.3. The first-order valence-electron chi connectivity index (χ1n) is 6.56. The van der Waals surface area contributed by atoms with E-state index in [1.54, 1.807) is 6.07 Å². The SMILES string of the molecule is CCCNCc1ccc(Cl)cc1-c1cc(Cl)ccc1Cl. The summed E-state index contributed by atoms with van der Waals surface area (Å²) in [4.78, 5) is 0. The van der Waals surface area contributed by atoms with Crippen molar-refractivity contribution in [2.45, 2.75) is 19.9 Å². The second-order valence-corrected chi connectivity index (χ2v) is 5.88. The van der Waals surface area contributed by atoms with Crippen LogP contribution in [0, 0.1) is 0 Å². The second-order valence-electron chi connectivity index (χ2n) is 4.60. The van der Waals surface area contributed by atoms with Gasteiger partial charge in [-0.2, -0.15) is 0 Å². The van der Waals surface area contributed by atoms with Gasteiger partial charge < -0.3 is 5.32 Å². The highest BCUT2D eigenvalue weighted by Crippen LogP contribution is 2.34. The van der Waals surface area contributed by atoms with Crippen LogP contribution in [0.4, 0.5) is 0 Å². The Bertz CT molecular complexity index is 596. The molecule has 0 aliphatic heterocycles. The molecule has 106 valence electrons. The van der Waals surface area contributed by atoms with Crippen molar-refractivity contribution in [2.24, 2.45) is 0 Å². The predicted molar refractivity (Wildman–Crippen MR) is 88.9 cm³/mol. The molecule has 0 fully saturated rings. The smallest absolute Gasteiger partial charge is 0.0485 e. The van der Waals surface area contributed by atoms with Crippen LogP contribution in [-0.2, 0) is 6.54 Å². The van der Waals surface area contributed by atoms with E-state index in [2.05, 4.69) is 12.2 Å². The molecule has 0 aliphatic carbocycles. The molecule has 0 saturated carbocycles. The summed E-state index contributed by atoms with van der Waals surface area (Å²) >= 11 is 18.5. The maximum Gasteiger partial charge on any atom is 0.0485 e. The molecule has 2 rings (SSSR count). The van der Waals surface area contributed by atoms with E-state index in [9.17, 15) is 0 Å². The van der Waals surface area contributed by atoms with Crippen LogP contribution in [0.15, 0.2) is 36.4 Å². The monoisotopic (exact) mass is 327 g/mol. The zero-order valence-corrected chi connectivity index (χ0v) is 13.5. The van der Waals surface area contributed by atoms with Crippen LogP contribution >= 0.6 is 34.8 Å². The molecule has 0 unspecified atom stereocenters. The standard InChI is InChI=1S/C16H16Cl3N/c1-2-7-20-10-11-3-4-12(17)8-14(11)15-9-13(18)5-6-16(15)19/h3-6,8-9,20H,2,7,10H2,1H3. The third kappa shape index (κ3) is 3.89. The number of hydrogen-bond acceptors (Lipinski definition) is 1. The molecule has 0 saturated heterocycles. The highest BCUT2D eigenvalue weighted by molar-refractivity contribution is 6.35. The largest absolute Gasteiger partial charge is 0.313 e. The van der Waals surface area contributed by atoms with Crippen molar-refractivity contribution in [2.75, 3.05) is 6.54 Å². The highest BCUT2D eigenvalue weighted by atomic mass is 35.5. The lowest BCUT2D eigenvalue weighted by Crippen LogP contribution is -2.14. The third-order valence-electron chi connectivity index (χ3n) is 3.03. The van der Waals surface area contributed by atoms with Gasteiger partial charge in [0.05, 0.1) is 0 Å². The van der Waals surface area contributed by atoms with Crippen molar-refractivity contribution in [1.82, 2.24) is 5.32 Å². The minimum Gasteiger partial charge on any atom is -0.313 e. The number of halogens is 3. The van der Waals surface area contributed by atoms with E-state index in [-0.39, 0.29) is 0 Å². The van der Waals surface area contributed by atoms with E-state index < -0.39 is 0 Å². The van der Waals surface area contributed by atoms with Gasteiger partial charge >= 0.3 is 0 Å². The topological polar surface area (TPSA) is 12.0 Å². The Kier molecular flexibility index (Phi) is 5.74. The molecular formula is C16H16Cl3N. The fraction of sp³-hybridized carbons (Fsp3) is 0.250. The van der Waals surface area contributed by atoms with Crippen LogP contribution < -0.4 is 5.32 Å². The molecule has 0 heterocycles. The van der Waals surface area contributed by atoms with Crippen LogP contribution in [0.5, 0.6) is 0 Å². The molecule has 2 aromatic carbocycles. The van der Waals surface area contributed by atoms with E-state index in [1.807, 2.05) is 30.3 Å². The van der Waals surface area contributed by atoms with Crippen molar-refractivity contribution in [3.63, 3.8) is 0 Å². The molecule has 0 aliphatic rings. The first-order valence-corrected chi connectivity index (χ1v) is 7.69. The fourth-order valence-electron chi connectivity index (χ4n) is 2.06. The van der Waals surface area contributed by atoms with Crippen LogP contribution in [0.3, 0.4) is 0 Å². The Labute approximate surface area is 134 Å². The summed E-state index contributed by atoms with van der Waals surface area (Å²) in [5.74, 6) is 0. The average molecular weight is 329 g/mol. The van der Waals surface area contributed by atoms with E-state index >= 15 is 0 Å². The van der Waals surface area contributed by atoms with Gasteiger partial charge in [0, 0.05) is 27.2 Å². The molecule has 20 heavy (non-hydrogen) atoms. The molecule has 0 spiro atoms. The van der Waals surface area contributed by atoms with Gasteiger partial charge in [0.15, 0.2) is 0 Å². The van der Waals surface area contributed by atoms with Gasteiger partial charge in [0.25, 0.3) is 0 Å². The predicted octanol–water partition coefficient (Wildman–Crippen LogP) is 5.81. The first-order chi connectivity index (χ1) is 9.61. The molecule has 1 N–H and O–H groups in total. The molecular weight excluding hydrogens is 313 g/mol. The quantitative estimate of drug-likeness (QED) is 0.683. The Hall–Kier alpha value is -0.730. The van der Waals surface area contributed by atoms with Gasteiger partial charge in [-0.15, -0.1) is 0 Å². The minimum atomic E-state index is 0.664. The number of nitrogens with one attached hydrogen (secondary N) is 1. The maximum absolute atomic E-state index is 6.29. The van der Waals surface area contributed by atoms with Crippen LogP contribution in [0.2, 0.25) is 15.1 Å².